The Morgan fingerprint density at radius 3 is 2.75 bits per heavy atom. The maximum Gasteiger partial charge on any atom is 0.202 e. The fourth-order valence-corrected chi connectivity index (χ4v) is 1.87. The molecule has 1 rings (SSSR count). The van der Waals surface area contributed by atoms with E-state index in [4.69, 9.17) is 0 Å². The SMILES string of the molecule is CCCCn1ccnc1NC(CC)CCC. The van der Waals surface area contributed by atoms with Crippen molar-refractivity contribution in [2.45, 2.75) is 65.5 Å². The summed E-state index contributed by atoms with van der Waals surface area (Å²) in [5.41, 5.74) is 0. The first-order chi connectivity index (χ1) is 7.81. The van der Waals surface area contributed by atoms with Crippen LogP contribution in [0.2, 0.25) is 0 Å². The predicted octanol–water partition coefficient (Wildman–Crippen LogP) is 3.67. The minimum absolute atomic E-state index is 0.563. The lowest BCUT2D eigenvalue weighted by Gasteiger charge is -2.17. The molecule has 1 aromatic heterocycles. The second-order valence-electron chi connectivity index (χ2n) is 4.34. The second-order valence-corrected chi connectivity index (χ2v) is 4.34. The zero-order valence-corrected chi connectivity index (χ0v) is 10.9. The first-order valence-corrected chi connectivity index (χ1v) is 6.59. The van der Waals surface area contributed by atoms with E-state index in [0.29, 0.717) is 6.04 Å². The van der Waals surface area contributed by atoms with E-state index in [1.165, 1.54) is 25.7 Å². The number of anilines is 1. The molecule has 0 saturated heterocycles. The molecule has 1 N–H and O–H groups in total. The lowest BCUT2D eigenvalue weighted by Crippen LogP contribution is -2.20. The van der Waals surface area contributed by atoms with Gasteiger partial charge in [-0.15, -0.1) is 0 Å². The van der Waals surface area contributed by atoms with E-state index in [9.17, 15) is 0 Å². The molecule has 92 valence electrons. The molecule has 1 unspecified atom stereocenters. The van der Waals surface area contributed by atoms with E-state index >= 15 is 0 Å². The first-order valence-electron chi connectivity index (χ1n) is 6.59. The molecular weight excluding hydrogens is 198 g/mol. The van der Waals surface area contributed by atoms with Crippen LogP contribution in [-0.2, 0) is 6.54 Å². The molecule has 0 aromatic carbocycles. The van der Waals surface area contributed by atoms with Crippen molar-refractivity contribution in [3.8, 4) is 0 Å². The molecule has 3 heteroatoms. The van der Waals surface area contributed by atoms with Crippen LogP contribution in [0.4, 0.5) is 5.95 Å². The van der Waals surface area contributed by atoms with Gasteiger partial charge in [-0.25, -0.2) is 4.98 Å². The highest BCUT2D eigenvalue weighted by Gasteiger charge is 2.08. The van der Waals surface area contributed by atoms with Crippen LogP contribution in [0.1, 0.15) is 52.9 Å². The van der Waals surface area contributed by atoms with Gasteiger partial charge in [-0.1, -0.05) is 33.6 Å². The van der Waals surface area contributed by atoms with Gasteiger partial charge in [-0.2, -0.15) is 0 Å². The van der Waals surface area contributed by atoms with Crippen molar-refractivity contribution >= 4 is 5.95 Å². The minimum atomic E-state index is 0.563. The topological polar surface area (TPSA) is 29.9 Å². The molecule has 16 heavy (non-hydrogen) atoms. The van der Waals surface area contributed by atoms with Gasteiger partial charge in [0.15, 0.2) is 0 Å². The van der Waals surface area contributed by atoms with Gasteiger partial charge < -0.3 is 9.88 Å². The van der Waals surface area contributed by atoms with E-state index in [1.807, 2.05) is 6.20 Å². The molecule has 3 nitrogen and oxygen atoms in total. The number of aromatic nitrogens is 2. The largest absolute Gasteiger partial charge is 0.353 e. The summed E-state index contributed by atoms with van der Waals surface area (Å²) in [5, 5.41) is 3.54. The summed E-state index contributed by atoms with van der Waals surface area (Å²) in [6.45, 7) is 7.75. The third-order valence-electron chi connectivity index (χ3n) is 2.93. The molecule has 1 heterocycles. The van der Waals surface area contributed by atoms with Crippen LogP contribution in [0.5, 0.6) is 0 Å². The maximum atomic E-state index is 4.39. The fraction of sp³-hybridized carbons (Fsp3) is 0.769. The minimum Gasteiger partial charge on any atom is -0.353 e. The summed E-state index contributed by atoms with van der Waals surface area (Å²) in [4.78, 5) is 4.39. The second kappa shape index (κ2) is 7.31. The van der Waals surface area contributed by atoms with Crippen molar-refractivity contribution in [1.82, 2.24) is 9.55 Å². The van der Waals surface area contributed by atoms with E-state index in [-0.39, 0.29) is 0 Å². The Bertz CT molecular complexity index is 280. The molecule has 1 aromatic rings. The lowest BCUT2D eigenvalue weighted by atomic mass is 10.1. The Hall–Kier alpha value is -0.990. The molecule has 0 aliphatic heterocycles. The summed E-state index contributed by atoms with van der Waals surface area (Å²) in [6.07, 6.45) is 10.00. The zero-order chi connectivity index (χ0) is 11.8. The number of unbranched alkanes of at least 4 members (excludes halogenated alkanes) is 1. The summed E-state index contributed by atoms with van der Waals surface area (Å²) >= 11 is 0. The molecule has 0 saturated carbocycles. The predicted molar refractivity (Wildman–Crippen MR) is 69.7 cm³/mol. The van der Waals surface area contributed by atoms with Gasteiger partial charge in [0.2, 0.25) is 5.95 Å². The van der Waals surface area contributed by atoms with Crippen molar-refractivity contribution in [3.63, 3.8) is 0 Å². The first kappa shape index (κ1) is 13.1. The highest BCUT2D eigenvalue weighted by molar-refractivity contribution is 5.27. The van der Waals surface area contributed by atoms with E-state index in [0.717, 1.165) is 18.9 Å². The van der Waals surface area contributed by atoms with Crippen LogP contribution in [0, 0.1) is 0 Å². The fourth-order valence-electron chi connectivity index (χ4n) is 1.87. The van der Waals surface area contributed by atoms with Crippen molar-refractivity contribution in [2.75, 3.05) is 5.32 Å². The number of nitrogens with one attached hydrogen (secondary N) is 1. The third kappa shape index (κ3) is 3.87. The Morgan fingerprint density at radius 2 is 2.12 bits per heavy atom. The molecule has 0 aliphatic carbocycles. The van der Waals surface area contributed by atoms with E-state index in [1.54, 1.807) is 0 Å². The summed E-state index contributed by atoms with van der Waals surface area (Å²) in [5.74, 6) is 1.04. The molecule has 0 radical (unpaired) electrons. The van der Waals surface area contributed by atoms with Gasteiger partial charge in [0.05, 0.1) is 0 Å². The number of nitrogens with zero attached hydrogens (tertiary/aromatic N) is 2. The standard InChI is InChI=1S/C13H25N3/c1-4-7-10-16-11-9-14-13(16)15-12(6-3)8-5-2/h9,11-12H,4-8,10H2,1-3H3,(H,14,15). The molecule has 0 aliphatic rings. The summed E-state index contributed by atoms with van der Waals surface area (Å²) < 4.78 is 2.22. The van der Waals surface area contributed by atoms with Crippen molar-refractivity contribution in [2.24, 2.45) is 0 Å². The van der Waals surface area contributed by atoms with Gasteiger partial charge in [0.25, 0.3) is 0 Å². The third-order valence-corrected chi connectivity index (χ3v) is 2.93. The maximum absolute atomic E-state index is 4.39. The average Bonchev–Trinajstić information content (AvgIpc) is 2.73. The number of hydrogen-bond acceptors (Lipinski definition) is 2. The lowest BCUT2D eigenvalue weighted by molar-refractivity contribution is 0.593. The van der Waals surface area contributed by atoms with Gasteiger partial charge in [-0.3, -0.25) is 0 Å². The van der Waals surface area contributed by atoms with Gasteiger partial charge >= 0.3 is 0 Å². The normalized spacial score (nSPS) is 12.7. The smallest absolute Gasteiger partial charge is 0.202 e. The quantitative estimate of drug-likeness (QED) is 0.728. The zero-order valence-electron chi connectivity index (χ0n) is 10.9. The highest BCUT2D eigenvalue weighted by atomic mass is 15.2. The number of hydrogen-bond donors (Lipinski definition) is 1. The molecule has 1 atom stereocenters. The van der Waals surface area contributed by atoms with E-state index in [2.05, 4.69) is 41.8 Å². The van der Waals surface area contributed by atoms with Gasteiger partial charge in [0.1, 0.15) is 0 Å². The molecule has 0 amide bonds. The summed E-state index contributed by atoms with van der Waals surface area (Å²) in [6, 6.07) is 0.563. The Balaban J connectivity index is 2.54. The molecule has 0 fully saturated rings. The van der Waals surface area contributed by atoms with Crippen molar-refractivity contribution in [3.05, 3.63) is 12.4 Å². The van der Waals surface area contributed by atoms with Crippen molar-refractivity contribution in [1.29, 1.82) is 0 Å². The molecule has 0 bridgehead atoms. The Kier molecular flexibility index (Phi) is 5.98. The number of rotatable bonds is 8. The van der Waals surface area contributed by atoms with Crippen LogP contribution in [-0.4, -0.2) is 15.6 Å². The summed E-state index contributed by atoms with van der Waals surface area (Å²) in [7, 11) is 0. The highest BCUT2D eigenvalue weighted by Crippen LogP contribution is 2.12. The number of imidazole rings is 1. The monoisotopic (exact) mass is 223 g/mol. The van der Waals surface area contributed by atoms with Crippen LogP contribution < -0.4 is 5.32 Å². The molecular formula is C13H25N3. The van der Waals surface area contributed by atoms with Crippen LogP contribution in [0.3, 0.4) is 0 Å². The van der Waals surface area contributed by atoms with Crippen LogP contribution >= 0.6 is 0 Å². The van der Waals surface area contributed by atoms with Crippen LogP contribution in [0.25, 0.3) is 0 Å². The average molecular weight is 223 g/mol. The van der Waals surface area contributed by atoms with Gasteiger partial charge in [0, 0.05) is 25.0 Å². The Morgan fingerprint density at radius 1 is 1.31 bits per heavy atom. The number of aryl methyl sites for hydroxylation is 1. The molecule has 0 spiro atoms. The van der Waals surface area contributed by atoms with E-state index < -0.39 is 0 Å². The Labute approximate surface area is 99.3 Å². The van der Waals surface area contributed by atoms with Crippen LogP contribution in [0.15, 0.2) is 12.4 Å². The van der Waals surface area contributed by atoms with Gasteiger partial charge in [-0.05, 0) is 19.3 Å². The van der Waals surface area contributed by atoms with Crippen molar-refractivity contribution < 1.29 is 0 Å².